The van der Waals surface area contributed by atoms with Crippen LogP contribution in [-0.2, 0) is 11.3 Å². The first-order chi connectivity index (χ1) is 8.20. The molecule has 1 aliphatic rings. The van der Waals surface area contributed by atoms with E-state index in [2.05, 4.69) is 10.4 Å². The average Bonchev–Trinajstić information content (AvgIpc) is 2.36. The van der Waals surface area contributed by atoms with Gasteiger partial charge in [-0.3, -0.25) is 4.79 Å². The molecule has 0 bridgehead atoms. The van der Waals surface area contributed by atoms with Crippen LogP contribution >= 0.6 is 0 Å². The summed E-state index contributed by atoms with van der Waals surface area (Å²) in [5.74, 6) is 6.28. The first-order valence-corrected chi connectivity index (χ1v) is 5.91. The van der Waals surface area contributed by atoms with Crippen molar-refractivity contribution in [3.63, 3.8) is 0 Å². The minimum absolute atomic E-state index is 0.154. The third-order valence-corrected chi connectivity index (χ3v) is 3.14. The van der Waals surface area contributed by atoms with Crippen molar-refractivity contribution in [2.75, 3.05) is 12.0 Å². The predicted octanol–water partition coefficient (Wildman–Crippen LogP) is 1.13. The number of nitrogens with two attached hydrogens (primary N) is 1. The van der Waals surface area contributed by atoms with Gasteiger partial charge < -0.3 is 10.3 Å². The Morgan fingerprint density at radius 1 is 1.59 bits per heavy atom. The molecule has 1 atom stereocenters. The Kier molecular flexibility index (Phi) is 3.58. The molecular formula is C12H18N4O. The van der Waals surface area contributed by atoms with Crippen LogP contribution in [0, 0.1) is 5.92 Å². The van der Waals surface area contributed by atoms with Crippen molar-refractivity contribution in [1.82, 2.24) is 9.88 Å². The van der Waals surface area contributed by atoms with E-state index in [0.29, 0.717) is 12.4 Å². The number of amides is 1. The van der Waals surface area contributed by atoms with Crippen molar-refractivity contribution in [2.45, 2.75) is 26.3 Å². The molecule has 1 fully saturated rings. The lowest BCUT2D eigenvalue weighted by Gasteiger charge is -2.30. The average molecular weight is 234 g/mol. The normalized spacial score (nSPS) is 20.5. The molecule has 2 rings (SSSR count). The number of hydrazine groups is 1. The van der Waals surface area contributed by atoms with Crippen LogP contribution in [0.5, 0.6) is 0 Å². The predicted molar refractivity (Wildman–Crippen MR) is 65.9 cm³/mol. The topological polar surface area (TPSA) is 71.2 Å². The summed E-state index contributed by atoms with van der Waals surface area (Å²) in [4.78, 5) is 18.0. The highest BCUT2D eigenvalue weighted by Crippen LogP contribution is 2.19. The Hall–Kier alpha value is -1.62. The molecule has 0 radical (unpaired) electrons. The highest BCUT2D eigenvalue weighted by Gasteiger charge is 2.24. The SMILES string of the molecule is CC1CCCN(Cc2ccc(NN)nc2)C1=O. The van der Waals surface area contributed by atoms with Crippen LogP contribution in [0.1, 0.15) is 25.3 Å². The number of pyridine rings is 1. The minimum atomic E-state index is 0.154. The maximum atomic E-state index is 11.9. The summed E-state index contributed by atoms with van der Waals surface area (Å²) in [5, 5.41) is 0. The molecule has 2 heterocycles. The van der Waals surface area contributed by atoms with Gasteiger partial charge >= 0.3 is 0 Å². The number of anilines is 1. The summed E-state index contributed by atoms with van der Waals surface area (Å²) in [6.45, 7) is 3.48. The number of nitrogen functional groups attached to an aromatic ring is 1. The summed E-state index contributed by atoms with van der Waals surface area (Å²) >= 11 is 0. The van der Waals surface area contributed by atoms with Gasteiger partial charge in [0.05, 0.1) is 0 Å². The van der Waals surface area contributed by atoms with E-state index >= 15 is 0 Å². The first-order valence-electron chi connectivity index (χ1n) is 5.91. The van der Waals surface area contributed by atoms with Gasteiger partial charge in [0, 0.05) is 25.2 Å². The number of hydrogen-bond donors (Lipinski definition) is 2. The minimum Gasteiger partial charge on any atom is -0.338 e. The molecule has 1 saturated heterocycles. The van der Waals surface area contributed by atoms with Gasteiger partial charge in [0.25, 0.3) is 0 Å². The number of nitrogens with zero attached hydrogens (tertiary/aromatic N) is 2. The van der Waals surface area contributed by atoms with E-state index in [1.54, 1.807) is 6.20 Å². The molecule has 92 valence electrons. The summed E-state index contributed by atoms with van der Waals surface area (Å²) < 4.78 is 0. The van der Waals surface area contributed by atoms with Crippen molar-refractivity contribution in [1.29, 1.82) is 0 Å². The van der Waals surface area contributed by atoms with E-state index in [1.165, 1.54) is 0 Å². The van der Waals surface area contributed by atoms with Gasteiger partial charge in [-0.15, -0.1) is 0 Å². The summed E-state index contributed by atoms with van der Waals surface area (Å²) in [7, 11) is 0. The maximum absolute atomic E-state index is 11.9. The molecular weight excluding hydrogens is 216 g/mol. The highest BCUT2D eigenvalue weighted by atomic mass is 16.2. The van der Waals surface area contributed by atoms with Crippen LogP contribution in [0.15, 0.2) is 18.3 Å². The van der Waals surface area contributed by atoms with Crippen molar-refractivity contribution in [2.24, 2.45) is 11.8 Å². The van der Waals surface area contributed by atoms with E-state index in [9.17, 15) is 4.79 Å². The molecule has 1 aromatic rings. The largest absolute Gasteiger partial charge is 0.338 e. The maximum Gasteiger partial charge on any atom is 0.225 e. The molecule has 0 spiro atoms. The molecule has 0 saturated carbocycles. The van der Waals surface area contributed by atoms with E-state index in [0.717, 1.165) is 24.9 Å². The lowest BCUT2D eigenvalue weighted by Crippen LogP contribution is -2.39. The fourth-order valence-electron chi connectivity index (χ4n) is 2.11. The zero-order valence-electron chi connectivity index (χ0n) is 10.0. The summed E-state index contributed by atoms with van der Waals surface area (Å²) in [6, 6.07) is 3.75. The number of carbonyl (C=O) groups excluding carboxylic acids is 1. The van der Waals surface area contributed by atoms with Crippen molar-refractivity contribution >= 4 is 11.7 Å². The van der Waals surface area contributed by atoms with Gasteiger partial charge in [-0.1, -0.05) is 13.0 Å². The van der Waals surface area contributed by atoms with E-state index in [1.807, 2.05) is 24.0 Å². The Balaban J connectivity index is 2.01. The number of nitrogens with one attached hydrogen (secondary N) is 1. The van der Waals surface area contributed by atoms with Gasteiger partial charge in [0.1, 0.15) is 5.82 Å². The van der Waals surface area contributed by atoms with Crippen molar-refractivity contribution in [3.05, 3.63) is 23.9 Å². The second-order valence-corrected chi connectivity index (χ2v) is 4.50. The summed E-state index contributed by atoms with van der Waals surface area (Å²) in [5.41, 5.74) is 3.52. The van der Waals surface area contributed by atoms with Crippen LogP contribution in [0.25, 0.3) is 0 Å². The van der Waals surface area contributed by atoms with Gasteiger partial charge in [0.2, 0.25) is 5.91 Å². The second kappa shape index (κ2) is 5.14. The zero-order valence-corrected chi connectivity index (χ0v) is 10.0. The molecule has 5 nitrogen and oxygen atoms in total. The van der Waals surface area contributed by atoms with Crippen LogP contribution in [-0.4, -0.2) is 22.3 Å². The fourth-order valence-corrected chi connectivity index (χ4v) is 2.11. The van der Waals surface area contributed by atoms with Gasteiger partial charge in [-0.25, -0.2) is 10.8 Å². The fraction of sp³-hybridized carbons (Fsp3) is 0.500. The van der Waals surface area contributed by atoms with E-state index in [4.69, 9.17) is 5.84 Å². The van der Waals surface area contributed by atoms with Gasteiger partial charge in [-0.2, -0.15) is 0 Å². The van der Waals surface area contributed by atoms with Crippen molar-refractivity contribution in [3.8, 4) is 0 Å². The molecule has 5 heteroatoms. The molecule has 1 amide bonds. The Bertz CT molecular complexity index is 390. The standard InChI is InChI=1S/C12H18N4O/c1-9-3-2-6-16(12(9)17)8-10-4-5-11(15-13)14-7-10/h4-5,7,9H,2-3,6,8,13H2,1H3,(H,14,15). The number of rotatable bonds is 3. The quantitative estimate of drug-likeness (QED) is 0.607. The molecule has 1 aromatic heterocycles. The molecule has 0 aromatic carbocycles. The van der Waals surface area contributed by atoms with Crippen LogP contribution in [0.3, 0.4) is 0 Å². The monoisotopic (exact) mass is 234 g/mol. The molecule has 17 heavy (non-hydrogen) atoms. The summed E-state index contributed by atoms with van der Waals surface area (Å²) in [6.07, 6.45) is 3.84. The van der Waals surface area contributed by atoms with E-state index < -0.39 is 0 Å². The smallest absolute Gasteiger partial charge is 0.225 e. The lowest BCUT2D eigenvalue weighted by molar-refractivity contribution is -0.138. The molecule has 1 aliphatic heterocycles. The van der Waals surface area contributed by atoms with Crippen LogP contribution < -0.4 is 11.3 Å². The molecule has 1 unspecified atom stereocenters. The number of carbonyl (C=O) groups is 1. The molecule has 3 N–H and O–H groups in total. The number of piperidine rings is 1. The second-order valence-electron chi connectivity index (χ2n) is 4.50. The van der Waals surface area contributed by atoms with E-state index in [-0.39, 0.29) is 11.8 Å². The van der Waals surface area contributed by atoms with Crippen LogP contribution in [0.2, 0.25) is 0 Å². The van der Waals surface area contributed by atoms with Gasteiger partial charge in [0.15, 0.2) is 0 Å². The van der Waals surface area contributed by atoms with Crippen molar-refractivity contribution < 1.29 is 4.79 Å². The third-order valence-electron chi connectivity index (χ3n) is 3.14. The number of hydrogen-bond acceptors (Lipinski definition) is 4. The van der Waals surface area contributed by atoms with Crippen LogP contribution in [0.4, 0.5) is 5.82 Å². The van der Waals surface area contributed by atoms with Gasteiger partial charge in [-0.05, 0) is 24.5 Å². The Morgan fingerprint density at radius 2 is 2.41 bits per heavy atom. The lowest BCUT2D eigenvalue weighted by atomic mass is 9.99. The molecule has 0 aliphatic carbocycles. The Labute approximate surface area is 101 Å². The highest BCUT2D eigenvalue weighted by molar-refractivity contribution is 5.79. The third kappa shape index (κ3) is 2.74. The zero-order chi connectivity index (χ0) is 12.3. The Morgan fingerprint density at radius 3 is 3.06 bits per heavy atom. The first kappa shape index (κ1) is 11.9. The number of aromatic nitrogens is 1. The number of likely N-dealkylation sites (tertiary alicyclic amines) is 1.